The van der Waals surface area contributed by atoms with Gasteiger partial charge in [-0.3, -0.25) is 18.9 Å². The van der Waals surface area contributed by atoms with Crippen LogP contribution in [0.4, 0.5) is 0 Å². The summed E-state index contributed by atoms with van der Waals surface area (Å²) >= 11 is 0. The number of hydrogen-bond acceptors (Lipinski definition) is 14. The Morgan fingerprint density at radius 1 is 1.13 bits per heavy atom. The first-order valence-electron chi connectivity index (χ1n) is 10.2. The Kier molecular flexibility index (Phi) is 13.3. The molecule has 1 unspecified atom stereocenters. The number of ether oxygens (including phenoxy) is 2. The Morgan fingerprint density at radius 2 is 1.74 bits per heavy atom. The zero-order valence-corrected chi connectivity index (χ0v) is 20.2. The fourth-order valence-electron chi connectivity index (χ4n) is 3.76. The molecule has 3 heterocycles. The summed E-state index contributed by atoms with van der Waals surface area (Å²) in [6.07, 6.45) is -12.6. The second kappa shape index (κ2) is 13.8. The van der Waals surface area contributed by atoms with E-state index in [-0.39, 0.29) is 71.1 Å². The summed E-state index contributed by atoms with van der Waals surface area (Å²) in [6.45, 7) is -1.20. The molecule has 1 aromatic rings. The van der Waals surface area contributed by atoms with Crippen LogP contribution >= 0.6 is 15.4 Å². The number of H-pyrrole nitrogens is 1. The zero-order valence-electron chi connectivity index (χ0n) is 18.4. The SMILES string of the molecule is Cc1cn([C@H]2C[C@H](O)[C@@H](COP(=O)(OP(=O)(O)O)[C@]3(CO)O[C@H](O)[C@H](O)[C@@H](O)[C@@H]3O)O2)c(=O)[nH]c1=O.[NaH].[NaH]. The van der Waals surface area contributed by atoms with Crippen molar-refractivity contribution < 1.29 is 67.9 Å². The maximum absolute atomic E-state index is 13.6. The van der Waals surface area contributed by atoms with E-state index >= 15 is 0 Å². The van der Waals surface area contributed by atoms with Gasteiger partial charge < -0.3 is 54.4 Å². The first kappa shape index (κ1) is 36.7. The average molecular weight is 612 g/mol. The molecule has 9 N–H and O–H groups in total. The van der Waals surface area contributed by atoms with Gasteiger partial charge in [0, 0.05) is 18.2 Å². The summed E-state index contributed by atoms with van der Waals surface area (Å²) in [6, 6.07) is 0. The number of aromatic nitrogens is 2. The quantitative estimate of drug-likeness (QED) is 0.0978. The first-order valence-corrected chi connectivity index (χ1v) is 13.3. The van der Waals surface area contributed by atoms with Gasteiger partial charge >= 0.3 is 80.2 Å². The Morgan fingerprint density at radius 3 is 2.29 bits per heavy atom. The molecule has 0 spiro atoms. The molecule has 3 rings (SSSR count). The molecule has 210 valence electrons. The van der Waals surface area contributed by atoms with Crippen LogP contribution < -0.4 is 11.2 Å². The van der Waals surface area contributed by atoms with Crippen LogP contribution in [0.15, 0.2) is 15.8 Å². The zero-order chi connectivity index (χ0) is 27.2. The molecule has 0 saturated carbocycles. The van der Waals surface area contributed by atoms with Gasteiger partial charge in [0.25, 0.3) is 5.56 Å². The van der Waals surface area contributed by atoms with Crippen molar-refractivity contribution in [2.45, 2.75) is 61.7 Å². The van der Waals surface area contributed by atoms with Crippen LogP contribution in [0.3, 0.4) is 0 Å². The molecule has 0 bridgehead atoms. The van der Waals surface area contributed by atoms with E-state index in [9.17, 15) is 59.1 Å². The van der Waals surface area contributed by atoms with Crippen molar-refractivity contribution in [2.24, 2.45) is 0 Å². The van der Waals surface area contributed by atoms with Gasteiger partial charge in [0.15, 0.2) is 6.29 Å². The van der Waals surface area contributed by atoms with Crippen molar-refractivity contribution in [3.63, 3.8) is 0 Å². The van der Waals surface area contributed by atoms with E-state index in [1.165, 1.54) is 6.92 Å². The Bertz CT molecular complexity index is 1180. The molecule has 9 atom stereocenters. The number of aliphatic hydroxyl groups is 6. The van der Waals surface area contributed by atoms with E-state index in [1.54, 1.807) is 0 Å². The fourth-order valence-corrected chi connectivity index (χ4v) is 7.07. The molecule has 0 aromatic carbocycles. The molecule has 2 fully saturated rings. The number of phosphoric acid groups is 1. The van der Waals surface area contributed by atoms with Gasteiger partial charge in [-0.25, -0.2) is 13.7 Å². The van der Waals surface area contributed by atoms with Crippen LogP contribution in [0.25, 0.3) is 0 Å². The minimum absolute atomic E-state index is 0. The van der Waals surface area contributed by atoms with Crippen LogP contribution in [0, 0.1) is 6.92 Å². The second-order valence-corrected chi connectivity index (χ2v) is 11.9. The Hall–Kier alpha value is 0.660. The number of aryl methyl sites for hydroxylation is 1. The first-order chi connectivity index (χ1) is 16.5. The third kappa shape index (κ3) is 7.35. The van der Waals surface area contributed by atoms with E-state index in [4.69, 9.17) is 14.0 Å². The van der Waals surface area contributed by atoms with Crippen LogP contribution in [-0.4, -0.2) is 164 Å². The number of aliphatic hydroxyl groups excluding tert-OH is 6. The maximum atomic E-state index is 13.6. The second-order valence-electron chi connectivity index (χ2n) is 8.21. The summed E-state index contributed by atoms with van der Waals surface area (Å²) in [4.78, 5) is 44.3. The molecule has 2 saturated heterocycles. The predicted molar refractivity (Wildman–Crippen MR) is 127 cm³/mol. The molecular formula is C16H28N2Na2O16P2. The van der Waals surface area contributed by atoms with E-state index in [1.807, 2.05) is 4.98 Å². The van der Waals surface area contributed by atoms with Crippen molar-refractivity contribution in [1.82, 2.24) is 9.55 Å². The van der Waals surface area contributed by atoms with Gasteiger partial charge in [-0.05, 0) is 6.92 Å². The number of rotatable bonds is 8. The van der Waals surface area contributed by atoms with E-state index in [2.05, 4.69) is 4.31 Å². The minimum atomic E-state index is -5.74. The van der Waals surface area contributed by atoms with E-state index in [0.717, 1.165) is 10.8 Å². The van der Waals surface area contributed by atoms with Crippen LogP contribution in [0.2, 0.25) is 0 Å². The number of aromatic amines is 1. The van der Waals surface area contributed by atoms with Gasteiger partial charge in [0.1, 0.15) is 30.6 Å². The van der Waals surface area contributed by atoms with Gasteiger partial charge in [-0.15, -0.1) is 0 Å². The molecule has 0 radical (unpaired) electrons. The van der Waals surface area contributed by atoms with Crippen molar-refractivity contribution in [3.05, 3.63) is 32.6 Å². The van der Waals surface area contributed by atoms with Gasteiger partial charge in [-0.1, -0.05) is 0 Å². The predicted octanol–water partition coefficient (Wildman–Crippen LogP) is -5.36. The Balaban J connectivity index is 0.00000361. The summed E-state index contributed by atoms with van der Waals surface area (Å²) in [5.74, 6) is 0. The van der Waals surface area contributed by atoms with Crippen molar-refractivity contribution in [2.75, 3.05) is 13.2 Å². The molecule has 1 aromatic heterocycles. The van der Waals surface area contributed by atoms with Crippen LogP contribution in [-0.2, 0) is 27.4 Å². The third-order valence-electron chi connectivity index (χ3n) is 5.73. The summed E-state index contributed by atoms with van der Waals surface area (Å²) < 4.78 is 45.6. The number of hydrogen-bond donors (Lipinski definition) is 9. The monoisotopic (exact) mass is 612 g/mol. The van der Waals surface area contributed by atoms with Crippen LogP contribution in [0.5, 0.6) is 0 Å². The summed E-state index contributed by atoms with van der Waals surface area (Å²) in [5.41, 5.74) is -1.39. The van der Waals surface area contributed by atoms with Crippen molar-refractivity contribution in [3.8, 4) is 0 Å². The normalized spacial score (nSPS) is 35.1. The topological polar surface area (TPSA) is 288 Å². The molecule has 18 nitrogen and oxygen atoms in total. The van der Waals surface area contributed by atoms with Gasteiger partial charge in [-0.2, -0.15) is 0 Å². The van der Waals surface area contributed by atoms with Crippen molar-refractivity contribution in [1.29, 1.82) is 0 Å². The number of nitrogens with one attached hydrogen (secondary N) is 1. The van der Waals surface area contributed by atoms with Gasteiger partial charge in [0.2, 0.25) is 5.34 Å². The van der Waals surface area contributed by atoms with Crippen LogP contribution in [0.1, 0.15) is 18.2 Å². The van der Waals surface area contributed by atoms with E-state index < -0.39 is 88.3 Å². The van der Waals surface area contributed by atoms with E-state index in [0.29, 0.717) is 0 Å². The van der Waals surface area contributed by atoms with Crippen molar-refractivity contribution >= 4 is 74.5 Å². The molecule has 2 aliphatic rings. The molecular weight excluding hydrogens is 584 g/mol. The number of nitrogens with zero attached hydrogens (tertiary/aromatic N) is 1. The molecule has 2 aliphatic heterocycles. The standard InChI is InChI=1S/C16H26N2O16P2.2Na.2H/c1-6-3-18(15(26)17-13(6)24)9-2-7(20)8(32-9)4-31-35(27,34-36(28,29)30)16(5-19)12(23)10(21)11(22)14(25)33-16;;;;/h3,7-12,14,19-23,25H,2,4-5H2,1H3,(H,17,24,26)(H2,28,29,30);;;;/t7-,8+,9+,10+,11+,12-,14-,16-,35?;;;;/m0..../s1. The van der Waals surface area contributed by atoms with Gasteiger partial charge in [0.05, 0.1) is 19.3 Å². The fraction of sp³-hybridized carbons (Fsp3) is 0.750. The molecule has 22 heteroatoms. The molecule has 38 heavy (non-hydrogen) atoms. The summed E-state index contributed by atoms with van der Waals surface area (Å²) in [7, 11) is -11.4. The third-order valence-corrected chi connectivity index (χ3v) is 9.36. The Labute approximate surface area is 257 Å². The molecule has 0 aliphatic carbocycles. The molecule has 0 amide bonds. The summed E-state index contributed by atoms with van der Waals surface area (Å²) in [5, 5.41) is 56.9. The average Bonchev–Trinajstić information content (AvgIpc) is 3.15.